The van der Waals surface area contributed by atoms with E-state index in [0.29, 0.717) is 6.61 Å². The number of benzene rings is 1. The number of alkyl carbamates (subject to hydrolysis) is 1. The molecule has 1 aliphatic heterocycles. The van der Waals surface area contributed by atoms with Crippen LogP contribution in [0.15, 0.2) is 30.3 Å². The monoisotopic (exact) mass is 211 g/mol. The average Bonchev–Trinajstić information content (AvgIpc) is 2.65. The number of rotatable bonds is 2. The summed E-state index contributed by atoms with van der Waals surface area (Å²) in [5, 5.41) is 2.43. The van der Waals surface area contributed by atoms with Gasteiger partial charge < -0.3 is 10.1 Å². The summed E-state index contributed by atoms with van der Waals surface area (Å²) in [6, 6.07) is 9.50. The van der Waals surface area contributed by atoms with Gasteiger partial charge in [0.15, 0.2) is 0 Å². The minimum Gasteiger partial charge on any atom is -0.447 e. The van der Waals surface area contributed by atoms with Crippen molar-refractivity contribution in [3.05, 3.63) is 35.9 Å². The summed E-state index contributed by atoms with van der Waals surface area (Å²) in [6.07, 6.45) is -0.392. The van der Waals surface area contributed by atoms with Crippen LogP contribution in [-0.2, 0) is 4.74 Å². The SMILES string of the molecule is O=C1N[C@@H]([C@H](Cl)c2ccccc2)CO1. The van der Waals surface area contributed by atoms with Gasteiger partial charge in [-0.25, -0.2) is 4.79 Å². The van der Waals surface area contributed by atoms with Crippen molar-refractivity contribution < 1.29 is 9.53 Å². The van der Waals surface area contributed by atoms with Gasteiger partial charge in [-0.3, -0.25) is 0 Å². The Bertz CT molecular complexity index is 328. The molecule has 0 saturated carbocycles. The largest absolute Gasteiger partial charge is 0.447 e. The highest BCUT2D eigenvalue weighted by molar-refractivity contribution is 6.21. The zero-order valence-corrected chi connectivity index (χ0v) is 8.20. The van der Waals surface area contributed by atoms with Crippen LogP contribution in [0.1, 0.15) is 10.9 Å². The van der Waals surface area contributed by atoms with Crippen LogP contribution in [0.2, 0.25) is 0 Å². The highest BCUT2D eigenvalue weighted by Crippen LogP contribution is 2.26. The molecule has 1 fully saturated rings. The second-order valence-electron chi connectivity index (χ2n) is 3.16. The Kier molecular flexibility index (Phi) is 2.59. The summed E-state index contributed by atoms with van der Waals surface area (Å²) in [4.78, 5) is 10.8. The van der Waals surface area contributed by atoms with Crippen molar-refractivity contribution in [1.29, 1.82) is 0 Å². The number of hydrogen-bond acceptors (Lipinski definition) is 2. The maximum absolute atomic E-state index is 10.8. The summed E-state index contributed by atoms with van der Waals surface area (Å²) < 4.78 is 4.77. The molecule has 2 rings (SSSR count). The van der Waals surface area contributed by atoms with Crippen LogP contribution >= 0.6 is 11.6 Å². The third-order valence-corrected chi connectivity index (χ3v) is 2.72. The Morgan fingerprint density at radius 3 is 2.71 bits per heavy atom. The second-order valence-corrected chi connectivity index (χ2v) is 3.63. The first-order chi connectivity index (χ1) is 6.77. The number of alkyl halides is 1. The lowest BCUT2D eigenvalue weighted by Crippen LogP contribution is -2.30. The average molecular weight is 212 g/mol. The third-order valence-electron chi connectivity index (χ3n) is 2.17. The highest BCUT2D eigenvalue weighted by Gasteiger charge is 2.29. The summed E-state index contributed by atoms with van der Waals surface area (Å²) >= 11 is 6.18. The van der Waals surface area contributed by atoms with E-state index in [2.05, 4.69) is 5.32 Å². The van der Waals surface area contributed by atoms with Crippen LogP contribution in [0.3, 0.4) is 0 Å². The van der Waals surface area contributed by atoms with E-state index in [4.69, 9.17) is 16.3 Å². The van der Waals surface area contributed by atoms with Gasteiger partial charge in [-0.1, -0.05) is 30.3 Å². The fourth-order valence-corrected chi connectivity index (χ4v) is 1.71. The van der Waals surface area contributed by atoms with Gasteiger partial charge in [0.1, 0.15) is 6.61 Å². The first-order valence-electron chi connectivity index (χ1n) is 4.39. The summed E-state index contributed by atoms with van der Waals surface area (Å²) in [5.41, 5.74) is 0.991. The molecule has 0 radical (unpaired) electrons. The molecule has 1 saturated heterocycles. The molecule has 0 aromatic heterocycles. The van der Waals surface area contributed by atoms with Gasteiger partial charge in [0.25, 0.3) is 0 Å². The molecule has 2 atom stereocenters. The Balaban J connectivity index is 2.09. The predicted octanol–water partition coefficient (Wildman–Crippen LogP) is 2.07. The van der Waals surface area contributed by atoms with E-state index in [1.807, 2.05) is 30.3 Å². The molecule has 14 heavy (non-hydrogen) atoms. The summed E-state index contributed by atoms with van der Waals surface area (Å²) in [5.74, 6) is 0. The van der Waals surface area contributed by atoms with Crippen molar-refractivity contribution in [2.75, 3.05) is 6.61 Å². The maximum Gasteiger partial charge on any atom is 0.407 e. The van der Waals surface area contributed by atoms with Crippen molar-refractivity contribution in [3.8, 4) is 0 Å². The van der Waals surface area contributed by atoms with Crippen LogP contribution in [0.4, 0.5) is 4.79 Å². The van der Waals surface area contributed by atoms with E-state index in [-0.39, 0.29) is 11.4 Å². The lowest BCUT2D eigenvalue weighted by Gasteiger charge is -2.14. The van der Waals surface area contributed by atoms with Gasteiger partial charge >= 0.3 is 6.09 Å². The van der Waals surface area contributed by atoms with E-state index < -0.39 is 6.09 Å². The smallest absolute Gasteiger partial charge is 0.407 e. The molecular formula is C10H10ClNO2. The molecule has 1 N–H and O–H groups in total. The molecule has 0 aliphatic carbocycles. The van der Waals surface area contributed by atoms with Crippen LogP contribution in [0.5, 0.6) is 0 Å². The number of cyclic esters (lactones) is 1. The standard InChI is InChI=1S/C10H10ClNO2/c11-9(7-4-2-1-3-5-7)8-6-14-10(13)12-8/h1-5,8-9H,6H2,(H,12,13)/t8-,9-/m1/s1. The van der Waals surface area contributed by atoms with Gasteiger partial charge in [0, 0.05) is 0 Å². The van der Waals surface area contributed by atoms with Crippen LogP contribution in [0, 0.1) is 0 Å². The zero-order chi connectivity index (χ0) is 9.97. The Labute approximate surface area is 87.0 Å². The molecule has 1 heterocycles. The summed E-state index contributed by atoms with van der Waals surface area (Å²) in [7, 11) is 0. The van der Waals surface area contributed by atoms with E-state index in [0.717, 1.165) is 5.56 Å². The van der Waals surface area contributed by atoms with Crippen molar-refractivity contribution in [1.82, 2.24) is 5.32 Å². The molecule has 1 aromatic rings. The van der Waals surface area contributed by atoms with Gasteiger partial charge in [-0.2, -0.15) is 0 Å². The fourth-order valence-electron chi connectivity index (χ4n) is 1.43. The fraction of sp³-hybridized carbons (Fsp3) is 0.300. The molecule has 1 amide bonds. The molecule has 0 spiro atoms. The molecule has 0 bridgehead atoms. The van der Waals surface area contributed by atoms with Gasteiger partial charge in [-0.05, 0) is 5.56 Å². The molecule has 3 nitrogen and oxygen atoms in total. The van der Waals surface area contributed by atoms with Crippen LogP contribution in [-0.4, -0.2) is 18.7 Å². The van der Waals surface area contributed by atoms with Crippen molar-refractivity contribution >= 4 is 17.7 Å². The number of nitrogens with one attached hydrogen (secondary N) is 1. The number of carbonyl (C=O) groups is 1. The van der Waals surface area contributed by atoms with Crippen LogP contribution in [0.25, 0.3) is 0 Å². The Morgan fingerprint density at radius 2 is 2.14 bits per heavy atom. The lowest BCUT2D eigenvalue weighted by atomic mass is 10.1. The first kappa shape index (κ1) is 9.34. The second kappa shape index (κ2) is 3.88. The van der Waals surface area contributed by atoms with E-state index >= 15 is 0 Å². The number of ether oxygens (including phenoxy) is 1. The topological polar surface area (TPSA) is 38.3 Å². The Hall–Kier alpha value is -1.22. The Morgan fingerprint density at radius 1 is 1.43 bits per heavy atom. The zero-order valence-electron chi connectivity index (χ0n) is 7.44. The molecule has 74 valence electrons. The molecule has 0 unspecified atom stereocenters. The third kappa shape index (κ3) is 1.82. The van der Waals surface area contributed by atoms with E-state index in [9.17, 15) is 4.79 Å². The van der Waals surface area contributed by atoms with Gasteiger partial charge in [0.05, 0.1) is 11.4 Å². The van der Waals surface area contributed by atoms with Crippen molar-refractivity contribution in [3.63, 3.8) is 0 Å². The summed E-state index contributed by atoms with van der Waals surface area (Å²) in [6.45, 7) is 0.335. The first-order valence-corrected chi connectivity index (χ1v) is 4.83. The maximum atomic E-state index is 10.8. The van der Waals surface area contributed by atoms with E-state index in [1.165, 1.54) is 0 Å². The molecular weight excluding hydrogens is 202 g/mol. The van der Waals surface area contributed by atoms with Crippen molar-refractivity contribution in [2.24, 2.45) is 0 Å². The van der Waals surface area contributed by atoms with Crippen LogP contribution < -0.4 is 5.32 Å². The van der Waals surface area contributed by atoms with Gasteiger partial charge in [0.2, 0.25) is 0 Å². The molecule has 1 aliphatic rings. The number of carbonyl (C=O) groups excluding carboxylic acids is 1. The minimum atomic E-state index is -0.392. The molecule has 1 aromatic carbocycles. The number of halogens is 1. The normalized spacial score (nSPS) is 22.6. The lowest BCUT2D eigenvalue weighted by molar-refractivity contribution is 0.176. The predicted molar refractivity (Wildman–Crippen MR) is 53.3 cm³/mol. The number of amides is 1. The number of hydrogen-bond donors (Lipinski definition) is 1. The van der Waals surface area contributed by atoms with Crippen molar-refractivity contribution in [2.45, 2.75) is 11.4 Å². The molecule has 4 heteroatoms. The quantitative estimate of drug-likeness (QED) is 0.761. The van der Waals surface area contributed by atoms with Gasteiger partial charge in [-0.15, -0.1) is 11.6 Å². The minimum absolute atomic E-state index is 0.133. The van der Waals surface area contributed by atoms with E-state index in [1.54, 1.807) is 0 Å². The highest BCUT2D eigenvalue weighted by atomic mass is 35.5.